The van der Waals surface area contributed by atoms with E-state index in [1.165, 1.54) is 4.90 Å². The molecule has 2 N–H and O–H groups in total. The Morgan fingerprint density at radius 2 is 2.12 bits per heavy atom. The molecule has 1 fully saturated rings. The number of hydrogen-bond donors (Lipinski definition) is 2. The molecule has 8 nitrogen and oxygen atoms in total. The maximum atomic E-state index is 12.3. The SMILES string of the molecule is Cc1cc(-c2n[nH]c3cc(N(C)C(=O)N(O)C4CC4)ncc23)ccn1. The molecule has 3 heterocycles. The van der Waals surface area contributed by atoms with Crippen molar-refractivity contribution in [2.24, 2.45) is 0 Å². The molecule has 3 aromatic heterocycles. The molecule has 0 saturated heterocycles. The fourth-order valence-corrected chi connectivity index (χ4v) is 2.73. The van der Waals surface area contributed by atoms with Crippen LogP contribution in [-0.4, -0.2) is 49.6 Å². The Hall–Kier alpha value is -3.00. The van der Waals surface area contributed by atoms with Gasteiger partial charge in [-0.15, -0.1) is 0 Å². The molecule has 1 aliphatic rings. The second-order valence-corrected chi connectivity index (χ2v) is 6.26. The van der Waals surface area contributed by atoms with E-state index in [2.05, 4.69) is 20.2 Å². The van der Waals surface area contributed by atoms with Gasteiger partial charge in [-0.3, -0.25) is 20.2 Å². The molecular weight excluding hydrogens is 320 g/mol. The molecule has 4 rings (SSSR count). The van der Waals surface area contributed by atoms with Gasteiger partial charge in [0.25, 0.3) is 0 Å². The predicted molar refractivity (Wildman–Crippen MR) is 92.3 cm³/mol. The van der Waals surface area contributed by atoms with Crippen molar-refractivity contribution in [1.82, 2.24) is 25.2 Å². The minimum absolute atomic E-state index is 0.0765. The number of aromatic amines is 1. The van der Waals surface area contributed by atoms with Gasteiger partial charge >= 0.3 is 6.03 Å². The highest BCUT2D eigenvalue weighted by atomic mass is 16.5. The second kappa shape index (κ2) is 5.82. The minimum atomic E-state index is -0.487. The van der Waals surface area contributed by atoms with Crippen LogP contribution in [0.5, 0.6) is 0 Å². The molecule has 0 radical (unpaired) electrons. The number of urea groups is 1. The lowest BCUT2D eigenvalue weighted by atomic mass is 10.1. The molecular formula is C17H18N6O2. The minimum Gasteiger partial charge on any atom is -0.284 e. The van der Waals surface area contributed by atoms with Crippen molar-refractivity contribution in [2.45, 2.75) is 25.8 Å². The summed E-state index contributed by atoms with van der Waals surface area (Å²) in [7, 11) is 1.59. The Morgan fingerprint density at radius 1 is 1.32 bits per heavy atom. The van der Waals surface area contributed by atoms with Crippen LogP contribution in [0.1, 0.15) is 18.5 Å². The van der Waals surface area contributed by atoms with E-state index in [0.717, 1.165) is 45.8 Å². The van der Waals surface area contributed by atoms with Crippen molar-refractivity contribution >= 4 is 22.8 Å². The molecule has 2 amide bonds. The van der Waals surface area contributed by atoms with Crippen molar-refractivity contribution in [1.29, 1.82) is 0 Å². The molecule has 0 aliphatic heterocycles. The summed E-state index contributed by atoms with van der Waals surface area (Å²) in [4.78, 5) is 22.1. The van der Waals surface area contributed by atoms with E-state index in [9.17, 15) is 10.0 Å². The number of H-pyrrole nitrogens is 1. The second-order valence-electron chi connectivity index (χ2n) is 6.26. The molecule has 3 aromatic rings. The quantitative estimate of drug-likeness (QED) is 0.565. The predicted octanol–water partition coefficient (Wildman–Crippen LogP) is 2.74. The standard InChI is InChI=1S/C17H18N6O2/c1-10-7-11(5-6-18-10)16-13-9-19-15(8-14(13)20-21-16)22(2)17(24)23(25)12-3-4-12/h5-9,12,25H,3-4H2,1-2H3,(H,20,21). The first kappa shape index (κ1) is 15.5. The van der Waals surface area contributed by atoms with Crippen molar-refractivity contribution in [3.05, 3.63) is 36.3 Å². The topological polar surface area (TPSA) is 98.2 Å². The summed E-state index contributed by atoms with van der Waals surface area (Å²) in [6.45, 7) is 1.93. The number of nitrogens with zero attached hydrogens (tertiary/aromatic N) is 5. The van der Waals surface area contributed by atoms with Crippen LogP contribution in [0.3, 0.4) is 0 Å². The number of hydrogen-bond acceptors (Lipinski definition) is 5. The lowest BCUT2D eigenvalue weighted by molar-refractivity contribution is -0.0475. The molecule has 8 heteroatoms. The first-order chi connectivity index (χ1) is 12.0. The number of fused-ring (bicyclic) bond motifs is 1. The van der Waals surface area contributed by atoms with E-state index >= 15 is 0 Å². The zero-order valence-electron chi connectivity index (χ0n) is 14.0. The summed E-state index contributed by atoms with van der Waals surface area (Å²) in [5.41, 5.74) is 3.42. The molecule has 0 aromatic carbocycles. The van der Waals surface area contributed by atoms with Gasteiger partial charge in [0.05, 0.1) is 11.6 Å². The Labute approximate surface area is 144 Å². The van der Waals surface area contributed by atoms with Gasteiger partial charge in [-0.1, -0.05) is 0 Å². The Balaban J connectivity index is 1.66. The number of hydroxylamine groups is 2. The molecule has 128 valence electrons. The van der Waals surface area contributed by atoms with E-state index in [0.29, 0.717) is 5.82 Å². The third-order valence-electron chi connectivity index (χ3n) is 4.32. The van der Waals surface area contributed by atoms with Crippen LogP contribution in [-0.2, 0) is 0 Å². The van der Waals surface area contributed by atoms with Crippen molar-refractivity contribution in [3.8, 4) is 11.3 Å². The van der Waals surface area contributed by atoms with Crippen LogP contribution in [0.25, 0.3) is 22.2 Å². The number of amides is 2. The van der Waals surface area contributed by atoms with Crippen LogP contribution < -0.4 is 4.90 Å². The Bertz CT molecular complexity index is 949. The van der Waals surface area contributed by atoms with Gasteiger partial charge < -0.3 is 0 Å². The fourth-order valence-electron chi connectivity index (χ4n) is 2.73. The highest BCUT2D eigenvalue weighted by molar-refractivity contribution is 5.96. The summed E-state index contributed by atoms with van der Waals surface area (Å²) in [5.74, 6) is 0.443. The van der Waals surface area contributed by atoms with E-state index in [-0.39, 0.29) is 6.04 Å². The summed E-state index contributed by atoms with van der Waals surface area (Å²) in [6, 6.07) is 5.04. The fraction of sp³-hybridized carbons (Fsp3) is 0.294. The summed E-state index contributed by atoms with van der Waals surface area (Å²) in [5, 5.41) is 18.9. The normalized spacial score (nSPS) is 13.9. The molecule has 25 heavy (non-hydrogen) atoms. The third-order valence-corrected chi connectivity index (χ3v) is 4.32. The zero-order chi connectivity index (χ0) is 17.6. The summed E-state index contributed by atoms with van der Waals surface area (Å²) >= 11 is 0. The van der Waals surface area contributed by atoms with E-state index in [1.54, 1.807) is 25.5 Å². The molecule has 1 aliphatic carbocycles. The van der Waals surface area contributed by atoms with Gasteiger partial charge in [-0.05, 0) is 31.9 Å². The van der Waals surface area contributed by atoms with Gasteiger partial charge in [0, 0.05) is 42.2 Å². The number of carbonyl (C=O) groups excluding carboxylic acids is 1. The number of aryl methyl sites for hydroxylation is 1. The van der Waals surface area contributed by atoms with E-state index in [4.69, 9.17) is 0 Å². The smallest absolute Gasteiger partial charge is 0.284 e. The van der Waals surface area contributed by atoms with E-state index in [1.807, 2.05) is 19.1 Å². The highest BCUT2D eigenvalue weighted by Crippen LogP contribution is 2.29. The Morgan fingerprint density at radius 3 is 2.84 bits per heavy atom. The molecule has 1 saturated carbocycles. The number of anilines is 1. The average molecular weight is 338 g/mol. The van der Waals surface area contributed by atoms with Crippen LogP contribution >= 0.6 is 0 Å². The lowest BCUT2D eigenvalue weighted by Crippen LogP contribution is -2.40. The molecule has 0 spiro atoms. The van der Waals surface area contributed by atoms with Crippen molar-refractivity contribution < 1.29 is 10.0 Å². The van der Waals surface area contributed by atoms with E-state index < -0.39 is 6.03 Å². The molecule has 0 bridgehead atoms. The Kier molecular flexibility index (Phi) is 3.61. The van der Waals surface area contributed by atoms with Gasteiger partial charge in [-0.25, -0.2) is 14.8 Å². The van der Waals surface area contributed by atoms with Gasteiger partial charge in [0.2, 0.25) is 0 Å². The van der Waals surface area contributed by atoms with Crippen LogP contribution in [0, 0.1) is 6.92 Å². The van der Waals surface area contributed by atoms with Gasteiger partial charge in [0.15, 0.2) is 0 Å². The number of nitrogens with one attached hydrogen (secondary N) is 1. The highest BCUT2D eigenvalue weighted by Gasteiger charge is 2.34. The van der Waals surface area contributed by atoms with Crippen LogP contribution in [0.15, 0.2) is 30.6 Å². The first-order valence-corrected chi connectivity index (χ1v) is 8.07. The maximum absolute atomic E-state index is 12.3. The lowest BCUT2D eigenvalue weighted by Gasteiger charge is -2.22. The number of rotatable bonds is 3. The first-order valence-electron chi connectivity index (χ1n) is 8.07. The molecule has 0 unspecified atom stereocenters. The summed E-state index contributed by atoms with van der Waals surface area (Å²) in [6.07, 6.45) is 5.09. The number of aromatic nitrogens is 4. The van der Waals surface area contributed by atoms with Crippen molar-refractivity contribution in [3.63, 3.8) is 0 Å². The van der Waals surface area contributed by atoms with Crippen LogP contribution in [0.4, 0.5) is 10.6 Å². The zero-order valence-corrected chi connectivity index (χ0v) is 14.0. The van der Waals surface area contributed by atoms with Gasteiger partial charge in [0.1, 0.15) is 11.5 Å². The third kappa shape index (κ3) is 2.80. The summed E-state index contributed by atoms with van der Waals surface area (Å²) < 4.78 is 0. The maximum Gasteiger partial charge on any atom is 0.349 e. The van der Waals surface area contributed by atoms with Crippen LogP contribution in [0.2, 0.25) is 0 Å². The molecule has 0 atom stereocenters. The monoisotopic (exact) mass is 338 g/mol. The van der Waals surface area contributed by atoms with Gasteiger partial charge in [-0.2, -0.15) is 5.10 Å². The van der Waals surface area contributed by atoms with Crippen molar-refractivity contribution in [2.75, 3.05) is 11.9 Å². The average Bonchev–Trinajstić information content (AvgIpc) is 3.38. The number of carbonyl (C=O) groups is 1. The number of pyridine rings is 2. The largest absolute Gasteiger partial charge is 0.349 e.